The predicted octanol–water partition coefficient (Wildman–Crippen LogP) is 2.92. The van der Waals surface area contributed by atoms with E-state index in [2.05, 4.69) is 50.9 Å². The molecule has 1 saturated carbocycles. The molecule has 0 radical (unpaired) electrons. The fraction of sp³-hybridized carbons (Fsp3) is 0.625. The van der Waals surface area contributed by atoms with E-state index in [0.717, 1.165) is 30.5 Å². The topological polar surface area (TPSA) is 23.5 Å². The van der Waals surface area contributed by atoms with E-state index in [4.69, 9.17) is 0 Å². The van der Waals surface area contributed by atoms with Gasteiger partial charge >= 0.3 is 0 Å². The van der Waals surface area contributed by atoms with E-state index in [-0.39, 0.29) is 6.10 Å². The van der Waals surface area contributed by atoms with E-state index in [1.807, 2.05) is 0 Å². The zero-order valence-electron chi connectivity index (χ0n) is 12.0. The van der Waals surface area contributed by atoms with E-state index in [1.165, 1.54) is 17.5 Å². The summed E-state index contributed by atoms with van der Waals surface area (Å²) >= 11 is 0. The van der Waals surface area contributed by atoms with Crippen molar-refractivity contribution in [3.63, 3.8) is 0 Å². The van der Waals surface area contributed by atoms with Gasteiger partial charge in [-0.3, -0.25) is 0 Å². The van der Waals surface area contributed by atoms with Gasteiger partial charge < -0.3 is 10.0 Å². The van der Waals surface area contributed by atoms with Crippen LogP contribution in [-0.4, -0.2) is 30.1 Å². The molecule has 2 nitrogen and oxygen atoms in total. The molecule has 0 saturated heterocycles. The molecule has 0 aromatic heterocycles. The third kappa shape index (κ3) is 3.56. The maximum atomic E-state index is 10.3. The van der Waals surface area contributed by atoms with Crippen LogP contribution in [0.1, 0.15) is 36.1 Å². The summed E-state index contributed by atoms with van der Waals surface area (Å²) in [5.74, 6) is 1.73. The molecule has 18 heavy (non-hydrogen) atoms. The molecule has 3 atom stereocenters. The van der Waals surface area contributed by atoms with Crippen LogP contribution >= 0.6 is 0 Å². The summed E-state index contributed by atoms with van der Waals surface area (Å²) in [6.45, 7) is 8.31. The third-order valence-corrected chi connectivity index (χ3v) is 3.94. The van der Waals surface area contributed by atoms with Crippen LogP contribution in [0.2, 0.25) is 0 Å². The van der Waals surface area contributed by atoms with Gasteiger partial charge in [-0.1, -0.05) is 36.2 Å². The van der Waals surface area contributed by atoms with Gasteiger partial charge in [-0.25, -0.2) is 0 Å². The average molecular weight is 247 g/mol. The summed E-state index contributed by atoms with van der Waals surface area (Å²) in [4.78, 5) is 2.26. The lowest BCUT2D eigenvalue weighted by atomic mass is 10.0. The first-order valence-electron chi connectivity index (χ1n) is 6.90. The molecule has 2 heteroatoms. The van der Waals surface area contributed by atoms with Crippen molar-refractivity contribution in [2.24, 2.45) is 11.8 Å². The van der Waals surface area contributed by atoms with Gasteiger partial charge in [-0.05, 0) is 44.7 Å². The van der Waals surface area contributed by atoms with Crippen LogP contribution < -0.4 is 0 Å². The first-order valence-corrected chi connectivity index (χ1v) is 6.90. The minimum atomic E-state index is -0.373. The van der Waals surface area contributed by atoms with Gasteiger partial charge in [0.1, 0.15) is 0 Å². The van der Waals surface area contributed by atoms with E-state index in [0.29, 0.717) is 0 Å². The summed E-state index contributed by atoms with van der Waals surface area (Å²) in [6.07, 6.45) is 0.979. The molecule has 0 heterocycles. The molecule has 3 unspecified atom stereocenters. The van der Waals surface area contributed by atoms with Crippen molar-refractivity contribution in [3.8, 4) is 0 Å². The molecule has 1 aromatic rings. The molecule has 0 aliphatic heterocycles. The fourth-order valence-electron chi connectivity index (χ4n) is 2.73. The van der Waals surface area contributed by atoms with Gasteiger partial charge in [0.25, 0.3) is 0 Å². The summed E-state index contributed by atoms with van der Waals surface area (Å²) in [6, 6.07) is 6.32. The second-order valence-corrected chi connectivity index (χ2v) is 6.13. The minimum Gasteiger partial charge on any atom is -0.387 e. The SMILES string of the molecule is Cc1cc(C)cc(C(O)CN(C)CC2CC2C)c1. The number of likely N-dealkylation sites (N-methyl/N-ethyl adjacent to an activating group) is 1. The first-order chi connectivity index (χ1) is 8.45. The molecule has 0 bridgehead atoms. The molecule has 1 aromatic carbocycles. The average Bonchev–Trinajstić information content (AvgIpc) is 2.92. The van der Waals surface area contributed by atoms with Gasteiger partial charge in [0.2, 0.25) is 0 Å². The lowest BCUT2D eigenvalue weighted by Crippen LogP contribution is -2.27. The Morgan fingerprint density at radius 3 is 2.33 bits per heavy atom. The van der Waals surface area contributed by atoms with E-state index in [9.17, 15) is 5.11 Å². The summed E-state index contributed by atoms with van der Waals surface area (Å²) in [7, 11) is 2.11. The fourth-order valence-corrected chi connectivity index (χ4v) is 2.73. The van der Waals surface area contributed by atoms with Gasteiger partial charge in [-0.2, -0.15) is 0 Å². The van der Waals surface area contributed by atoms with Crippen LogP contribution in [0.5, 0.6) is 0 Å². The highest BCUT2D eigenvalue weighted by molar-refractivity contribution is 5.30. The molecular weight excluding hydrogens is 222 g/mol. The van der Waals surface area contributed by atoms with Crippen molar-refractivity contribution in [2.75, 3.05) is 20.1 Å². The number of nitrogens with zero attached hydrogens (tertiary/aromatic N) is 1. The number of aliphatic hydroxyl groups is 1. The van der Waals surface area contributed by atoms with E-state index < -0.39 is 0 Å². The Morgan fingerprint density at radius 1 is 1.28 bits per heavy atom. The first kappa shape index (κ1) is 13.6. The van der Waals surface area contributed by atoms with Crippen LogP contribution in [0.15, 0.2) is 18.2 Å². The van der Waals surface area contributed by atoms with Crippen molar-refractivity contribution < 1.29 is 5.11 Å². The number of hydrogen-bond donors (Lipinski definition) is 1. The molecule has 2 rings (SSSR count). The zero-order valence-corrected chi connectivity index (χ0v) is 12.0. The molecule has 1 fully saturated rings. The molecule has 1 N–H and O–H groups in total. The Hall–Kier alpha value is -0.860. The number of hydrogen-bond acceptors (Lipinski definition) is 2. The van der Waals surface area contributed by atoms with Crippen molar-refractivity contribution in [2.45, 2.75) is 33.3 Å². The molecule has 0 amide bonds. The minimum absolute atomic E-state index is 0.373. The van der Waals surface area contributed by atoms with Gasteiger partial charge in [0.05, 0.1) is 6.10 Å². The quantitative estimate of drug-likeness (QED) is 0.865. The summed E-state index contributed by atoms with van der Waals surface area (Å²) < 4.78 is 0. The summed E-state index contributed by atoms with van der Waals surface area (Å²) in [5, 5.41) is 10.3. The maximum absolute atomic E-state index is 10.3. The van der Waals surface area contributed by atoms with Crippen LogP contribution in [0.25, 0.3) is 0 Å². The Kier molecular flexibility index (Phi) is 4.08. The van der Waals surface area contributed by atoms with Crippen LogP contribution in [0.3, 0.4) is 0 Å². The molecule has 1 aliphatic carbocycles. The molecular formula is C16H25NO. The smallest absolute Gasteiger partial charge is 0.0916 e. The highest BCUT2D eigenvalue weighted by Crippen LogP contribution is 2.38. The zero-order chi connectivity index (χ0) is 13.3. The third-order valence-electron chi connectivity index (χ3n) is 3.94. The van der Waals surface area contributed by atoms with E-state index >= 15 is 0 Å². The van der Waals surface area contributed by atoms with Gasteiger partial charge in [0.15, 0.2) is 0 Å². The number of rotatable bonds is 5. The lowest BCUT2D eigenvalue weighted by molar-refractivity contribution is 0.124. The van der Waals surface area contributed by atoms with Crippen LogP contribution in [0, 0.1) is 25.7 Å². The number of benzene rings is 1. The number of aliphatic hydroxyl groups excluding tert-OH is 1. The van der Waals surface area contributed by atoms with Crippen LogP contribution in [-0.2, 0) is 0 Å². The van der Waals surface area contributed by atoms with Crippen molar-refractivity contribution in [3.05, 3.63) is 34.9 Å². The Morgan fingerprint density at radius 2 is 1.83 bits per heavy atom. The Bertz CT molecular complexity index is 395. The largest absolute Gasteiger partial charge is 0.387 e. The molecule has 100 valence electrons. The summed E-state index contributed by atoms with van der Waals surface area (Å²) in [5.41, 5.74) is 3.49. The second-order valence-electron chi connectivity index (χ2n) is 6.13. The van der Waals surface area contributed by atoms with Crippen molar-refractivity contribution in [1.29, 1.82) is 0 Å². The maximum Gasteiger partial charge on any atom is 0.0916 e. The second kappa shape index (κ2) is 5.41. The van der Waals surface area contributed by atoms with Gasteiger partial charge in [-0.15, -0.1) is 0 Å². The Labute approximate surface area is 111 Å². The van der Waals surface area contributed by atoms with Gasteiger partial charge in [0, 0.05) is 13.1 Å². The van der Waals surface area contributed by atoms with Crippen molar-refractivity contribution in [1.82, 2.24) is 4.90 Å². The molecule has 0 spiro atoms. The highest BCUT2D eigenvalue weighted by atomic mass is 16.3. The normalized spacial score (nSPS) is 24.3. The lowest BCUT2D eigenvalue weighted by Gasteiger charge is -2.21. The molecule has 1 aliphatic rings. The standard InChI is InChI=1S/C16H25NO/c1-11-5-12(2)7-14(6-11)16(18)10-17(4)9-15-8-13(15)3/h5-7,13,15-16,18H,8-10H2,1-4H3. The van der Waals surface area contributed by atoms with Crippen molar-refractivity contribution >= 4 is 0 Å². The van der Waals surface area contributed by atoms with E-state index in [1.54, 1.807) is 0 Å². The monoisotopic (exact) mass is 247 g/mol. The highest BCUT2D eigenvalue weighted by Gasteiger charge is 2.33. The Balaban J connectivity index is 1.91. The van der Waals surface area contributed by atoms with Crippen LogP contribution in [0.4, 0.5) is 0 Å². The number of aryl methyl sites for hydroxylation is 2. The predicted molar refractivity (Wildman–Crippen MR) is 75.6 cm³/mol.